The fourth-order valence-corrected chi connectivity index (χ4v) is 1.44. The third kappa shape index (κ3) is 5.18. The molecule has 2 N–H and O–H groups in total. The van der Waals surface area contributed by atoms with Gasteiger partial charge in [-0.1, -0.05) is 0 Å². The summed E-state index contributed by atoms with van der Waals surface area (Å²) in [6, 6.07) is 4.86. The molecule has 0 unspecified atom stereocenters. The van der Waals surface area contributed by atoms with E-state index in [0.717, 1.165) is 0 Å². The summed E-state index contributed by atoms with van der Waals surface area (Å²) in [6.45, 7) is 6.70. The lowest BCUT2D eigenvalue weighted by molar-refractivity contribution is -0.0164. The van der Waals surface area contributed by atoms with Crippen molar-refractivity contribution in [2.75, 3.05) is 26.1 Å². The molecule has 0 saturated carbocycles. The molecule has 0 bridgehead atoms. The van der Waals surface area contributed by atoms with Crippen LogP contribution in [0.1, 0.15) is 31.1 Å². The second kappa shape index (κ2) is 6.43. The molecule has 0 heterocycles. The SMILES string of the molecule is COC(=O)c1cc(N)ccc1OCCOC(C)(C)C. The summed E-state index contributed by atoms with van der Waals surface area (Å²) in [6.07, 6.45) is 0. The lowest BCUT2D eigenvalue weighted by atomic mass is 10.2. The maximum Gasteiger partial charge on any atom is 0.341 e. The summed E-state index contributed by atoms with van der Waals surface area (Å²) in [7, 11) is 1.32. The minimum atomic E-state index is -0.473. The van der Waals surface area contributed by atoms with E-state index in [2.05, 4.69) is 4.74 Å². The molecular formula is C14H21NO4. The highest BCUT2D eigenvalue weighted by Gasteiger charge is 2.14. The molecule has 0 amide bonds. The zero-order chi connectivity index (χ0) is 14.5. The summed E-state index contributed by atoms with van der Waals surface area (Å²) in [4.78, 5) is 11.6. The van der Waals surface area contributed by atoms with Gasteiger partial charge in [-0.3, -0.25) is 0 Å². The van der Waals surface area contributed by atoms with Crippen molar-refractivity contribution < 1.29 is 19.0 Å². The summed E-state index contributed by atoms with van der Waals surface area (Å²) < 4.78 is 15.8. The van der Waals surface area contributed by atoms with E-state index in [1.54, 1.807) is 12.1 Å². The number of carbonyl (C=O) groups excluding carboxylic acids is 1. The highest BCUT2D eigenvalue weighted by atomic mass is 16.5. The molecule has 0 radical (unpaired) electrons. The largest absolute Gasteiger partial charge is 0.490 e. The topological polar surface area (TPSA) is 70.8 Å². The predicted molar refractivity (Wildman–Crippen MR) is 73.4 cm³/mol. The highest BCUT2D eigenvalue weighted by Crippen LogP contribution is 2.22. The van der Waals surface area contributed by atoms with Crippen molar-refractivity contribution in [3.05, 3.63) is 23.8 Å². The number of methoxy groups -OCH3 is 1. The van der Waals surface area contributed by atoms with Crippen LogP contribution in [0.25, 0.3) is 0 Å². The number of benzene rings is 1. The van der Waals surface area contributed by atoms with Crippen molar-refractivity contribution in [2.45, 2.75) is 26.4 Å². The molecule has 0 saturated heterocycles. The number of hydrogen-bond acceptors (Lipinski definition) is 5. The number of esters is 1. The van der Waals surface area contributed by atoms with E-state index in [1.807, 2.05) is 20.8 Å². The Morgan fingerprint density at radius 2 is 1.95 bits per heavy atom. The Balaban J connectivity index is 2.65. The number of carbonyl (C=O) groups is 1. The number of rotatable bonds is 5. The van der Waals surface area contributed by atoms with E-state index in [1.165, 1.54) is 13.2 Å². The van der Waals surface area contributed by atoms with Crippen LogP contribution < -0.4 is 10.5 Å². The summed E-state index contributed by atoms with van der Waals surface area (Å²) in [5.74, 6) is -0.0300. The van der Waals surface area contributed by atoms with Gasteiger partial charge in [-0.25, -0.2) is 4.79 Å². The van der Waals surface area contributed by atoms with Gasteiger partial charge in [0.1, 0.15) is 17.9 Å². The third-order valence-electron chi connectivity index (χ3n) is 2.28. The number of ether oxygens (including phenoxy) is 3. The van der Waals surface area contributed by atoms with Crippen LogP contribution >= 0.6 is 0 Å². The molecule has 0 aliphatic rings. The first-order chi connectivity index (χ1) is 8.83. The smallest absolute Gasteiger partial charge is 0.341 e. The fraction of sp³-hybridized carbons (Fsp3) is 0.500. The molecular weight excluding hydrogens is 246 g/mol. The fourth-order valence-electron chi connectivity index (χ4n) is 1.44. The van der Waals surface area contributed by atoms with E-state index < -0.39 is 5.97 Å². The van der Waals surface area contributed by atoms with Crippen LogP contribution in [0.15, 0.2) is 18.2 Å². The summed E-state index contributed by atoms with van der Waals surface area (Å²) >= 11 is 0. The quantitative estimate of drug-likeness (QED) is 0.503. The lowest BCUT2D eigenvalue weighted by Gasteiger charge is -2.19. The van der Waals surface area contributed by atoms with E-state index in [-0.39, 0.29) is 5.60 Å². The zero-order valence-corrected chi connectivity index (χ0v) is 11.9. The van der Waals surface area contributed by atoms with Crippen molar-refractivity contribution >= 4 is 11.7 Å². The molecule has 1 aromatic carbocycles. The van der Waals surface area contributed by atoms with Gasteiger partial charge in [0.15, 0.2) is 0 Å². The van der Waals surface area contributed by atoms with Crippen LogP contribution in [0.4, 0.5) is 5.69 Å². The van der Waals surface area contributed by atoms with Gasteiger partial charge in [-0.2, -0.15) is 0 Å². The molecule has 106 valence electrons. The van der Waals surface area contributed by atoms with Crippen LogP contribution in [0.3, 0.4) is 0 Å². The second-order valence-corrected chi connectivity index (χ2v) is 5.06. The van der Waals surface area contributed by atoms with Crippen LogP contribution in [0, 0.1) is 0 Å². The molecule has 0 aromatic heterocycles. The number of hydrogen-bond donors (Lipinski definition) is 1. The monoisotopic (exact) mass is 267 g/mol. The molecule has 0 aliphatic heterocycles. The number of anilines is 1. The van der Waals surface area contributed by atoms with Crippen LogP contribution in [0.2, 0.25) is 0 Å². The van der Waals surface area contributed by atoms with Crippen molar-refractivity contribution in [3.63, 3.8) is 0 Å². The Kier molecular flexibility index (Phi) is 5.18. The van der Waals surface area contributed by atoms with Crippen molar-refractivity contribution in [1.29, 1.82) is 0 Å². The first-order valence-electron chi connectivity index (χ1n) is 6.08. The minimum Gasteiger partial charge on any atom is -0.490 e. The van der Waals surface area contributed by atoms with Crippen LogP contribution in [-0.2, 0) is 9.47 Å². The molecule has 0 spiro atoms. The maximum absolute atomic E-state index is 11.6. The Labute approximate surface area is 113 Å². The molecule has 0 aliphatic carbocycles. The molecule has 5 heteroatoms. The van der Waals surface area contributed by atoms with E-state index in [0.29, 0.717) is 30.2 Å². The van der Waals surface area contributed by atoms with Crippen molar-refractivity contribution in [2.24, 2.45) is 0 Å². The first-order valence-corrected chi connectivity index (χ1v) is 6.08. The van der Waals surface area contributed by atoms with Gasteiger partial charge in [0.2, 0.25) is 0 Å². The summed E-state index contributed by atoms with van der Waals surface area (Å²) in [5, 5.41) is 0. The van der Waals surface area contributed by atoms with E-state index >= 15 is 0 Å². The van der Waals surface area contributed by atoms with E-state index in [4.69, 9.17) is 15.2 Å². The molecule has 5 nitrogen and oxygen atoms in total. The average molecular weight is 267 g/mol. The zero-order valence-electron chi connectivity index (χ0n) is 11.9. The van der Waals surface area contributed by atoms with Gasteiger partial charge in [0.25, 0.3) is 0 Å². The molecule has 1 aromatic rings. The molecule has 19 heavy (non-hydrogen) atoms. The Bertz CT molecular complexity index is 438. The minimum absolute atomic E-state index is 0.213. The summed E-state index contributed by atoms with van der Waals surface area (Å²) in [5.41, 5.74) is 6.23. The van der Waals surface area contributed by atoms with Gasteiger partial charge < -0.3 is 19.9 Å². The first kappa shape index (κ1) is 15.3. The number of nitrogen functional groups attached to an aromatic ring is 1. The third-order valence-corrected chi connectivity index (χ3v) is 2.28. The maximum atomic E-state index is 11.6. The standard InChI is InChI=1S/C14H21NO4/c1-14(2,3)19-8-7-18-12-6-5-10(15)9-11(12)13(16)17-4/h5-6,9H,7-8,15H2,1-4H3. The van der Waals surface area contributed by atoms with Crippen LogP contribution in [-0.4, -0.2) is 31.9 Å². The average Bonchev–Trinajstić information content (AvgIpc) is 2.33. The Hall–Kier alpha value is -1.75. The van der Waals surface area contributed by atoms with Gasteiger partial charge in [-0.05, 0) is 39.0 Å². The van der Waals surface area contributed by atoms with Gasteiger partial charge in [-0.15, -0.1) is 0 Å². The van der Waals surface area contributed by atoms with E-state index in [9.17, 15) is 4.79 Å². The molecule has 0 fully saturated rings. The Morgan fingerprint density at radius 1 is 1.26 bits per heavy atom. The normalized spacial score (nSPS) is 11.2. The Morgan fingerprint density at radius 3 is 2.53 bits per heavy atom. The predicted octanol–water partition coefficient (Wildman–Crippen LogP) is 2.25. The van der Waals surface area contributed by atoms with Crippen molar-refractivity contribution in [1.82, 2.24) is 0 Å². The lowest BCUT2D eigenvalue weighted by Crippen LogP contribution is -2.22. The second-order valence-electron chi connectivity index (χ2n) is 5.06. The number of nitrogens with two attached hydrogens (primary N) is 1. The van der Waals surface area contributed by atoms with Crippen molar-refractivity contribution in [3.8, 4) is 5.75 Å². The van der Waals surface area contributed by atoms with Gasteiger partial charge >= 0.3 is 5.97 Å². The van der Waals surface area contributed by atoms with Crippen LogP contribution in [0.5, 0.6) is 5.75 Å². The highest BCUT2D eigenvalue weighted by molar-refractivity contribution is 5.93. The van der Waals surface area contributed by atoms with Gasteiger partial charge in [0.05, 0.1) is 19.3 Å². The van der Waals surface area contributed by atoms with Gasteiger partial charge in [0, 0.05) is 5.69 Å². The molecule has 0 atom stereocenters. The molecule has 1 rings (SSSR count).